The molecule has 5 heteroatoms. The van der Waals surface area contributed by atoms with Gasteiger partial charge in [-0.2, -0.15) is 0 Å². The maximum absolute atomic E-state index is 11.4. The molecule has 2 aromatic carbocycles. The first kappa shape index (κ1) is 16.5. The highest BCUT2D eigenvalue weighted by atomic mass is 16.5. The molecule has 23 heavy (non-hydrogen) atoms. The van der Waals surface area contributed by atoms with E-state index < -0.39 is 23.8 Å². The van der Waals surface area contributed by atoms with Gasteiger partial charge in [0.05, 0.1) is 11.8 Å². The molecule has 2 rings (SSSR count). The fourth-order valence-corrected chi connectivity index (χ4v) is 2.36. The molecule has 2 N–H and O–H groups in total. The highest BCUT2D eigenvalue weighted by molar-refractivity contribution is 5.81. The SMILES string of the molecule is CC(C(=O)O)c1cccc(Oc2ccccc2)c1C(C)C(=O)O. The van der Waals surface area contributed by atoms with Crippen LogP contribution in [0.1, 0.15) is 36.8 Å². The van der Waals surface area contributed by atoms with Crippen molar-refractivity contribution < 1.29 is 24.5 Å². The summed E-state index contributed by atoms with van der Waals surface area (Å²) in [6.07, 6.45) is 0. The average molecular weight is 314 g/mol. The molecule has 0 heterocycles. The fourth-order valence-electron chi connectivity index (χ4n) is 2.36. The number of carboxylic acid groups (broad SMARTS) is 2. The van der Waals surface area contributed by atoms with Gasteiger partial charge in [0.15, 0.2) is 0 Å². The standard InChI is InChI=1S/C18H18O5/c1-11(17(19)20)14-9-6-10-15(16(14)12(2)18(21)22)23-13-7-4-3-5-8-13/h3-12H,1-2H3,(H,19,20)(H,21,22). The zero-order chi connectivity index (χ0) is 17.0. The number of hydrogen-bond acceptors (Lipinski definition) is 3. The summed E-state index contributed by atoms with van der Waals surface area (Å²) in [4.78, 5) is 22.8. The van der Waals surface area contributed by atoms with Crippen LogP contribution in [0.25, 0.3) is 0 Å². The summed E-state index contributed by atoms with van der Waals surface area (Å²) in [5.74, 6) is -2.84. The van der Waals surface area contributed by atoms with Gasteiger partial charge in [-0.05, 0) is 37.6 Å². The summed E-state index contributed by atoms with van der Waals surface area (Å²) < 4.78 is 5.80. The number of carboxylic acids is 2. The third kappa shape index (κ3) is 3.69. The Balaban J connectivity index is 2.55. The molecule has 0 saturated heterocycles. The second-order valence-electron chi connectivity index (χ2n) is 5.29. The number of carbonyl (C=O) groups is 2. The summed E-state index contributed by atoms with van der Waals surface area (Å²) >= 11 is 0. The number of para-hydroxylation sites is 1. The molecule has 0 amide bonds. The number of hydrogen-bond donors (Lipinski definition) is 2. The molecule has 0 bridgehead atoms. The Labute approximate surface area is 134 Å². The first-order valence-corrected chi connectivity index (χ1v) is 7.23. The molecule has 2 aromatic rings. The number of rotatable bonds is 6. The summed E-state index contributed by atoms with van der Waals surface area (Å²) in [7, 11) is 0. The van der Waals surface area contributed by atoms with E-state index in [1.807, 2.05) is 6.07 Å². The third-order valence-corrected chi connectivity index (χ3v) is 3.71. The minimum absolute atomic E-state index is 0.358. The molecule has 0 saturated carbocycles. The Hall–Kier alpha value is -2.82. The van der Waals surface area contributed by atoms with Gasteiger partial charge in [-0.15, -0.1) is 0 Å². The molecule has 0 fully saturated rings. The zero-order valence-electron chi connectivity index (χ0n) is 12.9. The van der Waals surface area contributed by atoms with Crippen LogP contribution < -0.4 is 4.74 Å². The van der Waals surface area contributed by atoms with Crippen molar-refractivity contribution in [3.8, 4) is 11.5 Å². The maximum atomic E-state index is 11.4. The van der Waals surface area contributed by atoms with Gasteiger partial charge in [-0.3, -0.25) is 9.59 Å². The van der Waals surface area contributed by atoms with Crippen LogP contribution in [-0.2, 0) is 9.59 Å². The predicted molar refractivity (Wildman–Crippen MR) is 85.1 cm³/mol. The minimum Gasteiger partial charge on any atom is -0.481 e. The Morgan fingerprint density at radius 3 is 2.04 bits per heavy atom. The van der Waals surface area contributed by atoms with Gasteiger partial charge in [-0.1, -0.05) is 30.3 Å². The highest BCUT2D eigenvalue weighted by Gasteiger charge is 2.27. The van der Waals surface area contributed by atoms with E-state index in [0.29, 0.717) is 22.6 Å². The van der Waals surface area contributed by atoms with E-state index in [1.54, 1.807) is 42.5 Å². The monoisotopic (exact) mass is 314 g/mol. The molecule has 2 unspecified atom stereocenters. The van der Waals surface area contributed by atoms with E-state index in [9.17, 15) is 19.8 Å². The molecular formula is C18H18O5. The van der Waals surface area contributed by atoms with Gasteiger partial charge in [0.2, 0.25) is 0 Å². The van der Waals surface area contributed by atoms with E-state index in [-0.39, 0.29) is 0 Å². The van der Waals surface area contributed by atoms with Crippen LogP contribution in [0.3, 0.4) is 0 Å². The topological polar surface area (TPSA) is 83.8 Å². The van der Waals surface area contributed by atoms with Crippen LogP contribution in [0.15, 0.2) is 48.5 Å². The molecule has 0 aliphatic heterocycles. The summed E-state index contributed by atoms with van der Waals surface area (Å²) in [6, 6.07) is 13.9. The van der Waals surface area contributed by atoms with Crippen molar-refractivity contribution in [2.45, 2.75) is 25.7 Å². The van der Waals surface area contributed by atoms with Gasteiger partial charge in [0.25, 0.3) is 0 Å². The predicted octanol–water partition coefficient (Wildman–Crippen LogP) is 3.86. The van der Waals surface area contributed by atoms with Gasteiger partial charge in [0.1, 0.15) is 11.5 Å². The second kappa shape index (κ2) is 6.96. The van der Waals surface area contributed by atoms with Crippen molar-refractivity contribution in [3.05, 3.63) is 59.7 Å². The summed E-state index contributed by atoms with van der Waals surface area (Å²) in [6.45, 7) is 3.05. The van der Waals surface area contributed by atoms with Gasteiger partial charge >= 0.3 is 11.9 Å². The molecule has 0 aliphatic rings. The van der Waals surface area contributed by atoms with Crippen LogP contribution in [0.2, 0.25) is 0 Å². The zero-order valence-corrected chi connectivity index (χ0v) is 12.9. The van der Waals surface area contributed by atoms with E-state index in [2.05, 4.69) is 0 Å². The van der Waals surface area contributed by atoms with E-state index in [0.717, 1.165) is 0 Å². The van der Waals surface area contributed by atoms with E-state index >= 15 is 0 Å². The number of aliphatic carboxylic acids is 2. The quantitative estimate of drug-likeness (QED) is 0.846. The van der Waals surface area contributed by atoms with Crippen LogP contribution in [0, 0.1) is 0 Å². The van der Waals surface area contributed by atoms with E-state index in [4.69, 9.17) is 4.74 Å². The highest BCUT2D eigenvalue weighted by Crippen LogP contribution is 2.36. The first-order valence-electron chi connectivity index (χ1n) is 7.23. The Morgan fingerprint density at radius 1 is 0.870 bits per heavy atom. The largest absolute Gasteiger partial charge is 0.481 e. The smallest absolute Gasteiger partial charge is 0.310 e. The van der Waals surface area contributed by atoms with Crippen molar-refractivity contribution in [3.63, 3.8) is 0 Å². The van der Waals surface area contributed by atoms with Crippen molar-refractivity contribution in [2.24, 2.45) is 0 Å². The summed E-state index contributed by atoms with van der Waals surface area (Å²) in [5, 5.41) is 18.6. The van der Waals surface area contributed by atoms with Crippen molar-refractivity contribution in [1.29, 1.82) is 0 Å². The Morgan fingerprint density at radius 2 is 1.48 bits per heavy atom. The van der Waals surface area contributed by atoms with Crippen LogP contribution in [-0.4, -0.2) is 22.2 Å². The molecule has 0 aromatic heterocycles. The lowest BCUT2D eigenvalue weighted by Crippen LogP contribution is -2.16. The summed E-state index contributed by atoms with van der Waals surface area (Å²) in [5.41, 5.74) is 0.833. The molecule has 5 nitrogen and oxygen atoms in total. The number of benzene rings is 2. The Kier molecular flexibility index (Phi) is 5.01. The normalized spacial score (nSPS) is 13.1. The fraction of sp³-hybridized carbons (Fsp3) is 0.222. The average Bonchev–Trinajstić information content (AvgIpc) is 2.54. The molecule has 0 aliphatic carbocycles. The molecule has 2 atom stereocenters. The lowest BCUT2D eigenvalue weighted by Gasteiger charge is -2.20. The molecular weight excluding hydrogens is 296 g/mol. The van der Waals surface area contributed by atoms with Crippen LogP contribution in [0.5, 0.6) is 11.5 Å². The lowest BCUT2D eigenvalue weighted by molar-refractivity contribution is -0.140. The second-order valence-corrected chi connectivity index (χ2v) is 5.29. The van der Waals surface area contributed by atoms with Crippen molar-refractivity contribution in [2.75, 3.05) is 0 Å². The van der Waals surface area contributed by atoms with Crippen LogP contribution >= 0.6 is 0 Å². The lowest BCUT2D eigenvalue weighted by atomic mass is 9.88. The Bertz CT molecular complexity index is 709. The molecule has 0 radical (unpaired) electrons. The van der Waals surface area contributed by atoms with Gasteiger partial charge in [0, 0.05) is 5.56 Å². The third-order valence-electron chi connectivity index (χ3n) is 3.71. The van der Waals surface area contributed by atoms with Crippen molar-refractivity contribution >= 4 is 11.9 Å². The minimum atomic E-state index is -1.03. The van der Waals surface area contributed by atoms with Gasteiger partial charge < -0.3 is 14.9 Å². The van der Waals surface area contributed by atoms with Crippen LogP contribution in [0.4, 0.5) is 0 Å². The van der Waals surface area contributed by atoms with Gasteiger partial charge in [-0.25, -0.2) is 0 Å². The van der Waals surface area contributed by atoms with E-state index in [1.165, 1.54) is 13.8 Å². The number of ether oxygens (including phenoxy) is 1. The molecule has 0 spiro atoms. The van der Waals surface area contributed by atoms with Crippen molar-refractivity contribution in [1.82, 2.24) is 0 Å². The molecule has 120 valence electrons. The maximum Gasteiger partial charge on any atom is 0.310 e. The first-order chi connectivity index (χ1) is 10.9.